The number of hydrogen-bond acceptors (Lipinski definition) is 3. The zero-order valence-corrected chi connectivity index (χ0v) is 7.58. The topological polar surface area (TPSA) is 32.3 Å². The first-order chi connectivity index (χ1) is 5.33. The molecule has 0 aliphatic rings. The van der Waals surface area contributed by atoms with Crippen molar-refractivity contribution in [3.8, 4) is 0 Å². The van der Waals surface area contributed by atoms with Crippen LogP contribution in [0.4, 0.5) is 0 Å². The summed E-state index contributed by atoms with van der Waals surface area (Å²) in [6.45, 7) is 0.840. The van der Waals surface area contributed by atoms with Crippen LogP contribution in [0.5, 0.6) is 0 Å². The number of thiophene rings is 1. The van der Waals surface area contributed by atoms with Crippen LogP contribution >= 0.6 is 22.9 Å². The summed E-state index contributed by atoms with van der Waals surface area (Å²) >= 11 is 7.30. The van der Waals surface area contributed by atoms with Gasteiger partial charge in [0.15, 0.2) is 0 Å². The van der Waals surface area contributed by atoms with Crippen LogP contribution in [-0.4, -0.2) is 18.4 Å². The Hall–Kier alpha value is -0.0900. The van der Waals surface area contributed by atoms with Crippen LogP contribution in [0.15, 0.2) is 12.1 Å². The molecule has 0 radical (unpaired) electrons. The van der Waals surface area contributed by atoms with Crippen LogP contribution in [-0.2, 0) is 6.42 Å². The van der Waals surface area contributed by atoms with E-state index >= 15 is 0 Å². The molecule has 0 saturated carbocycles. The second kappa shape index (κ2) is 4.72. The van der Waals surface area contributed by atoms with Gasteiger partial charge in [-0.2, -0.15) is 0 Å². The van der Waals surface area contributed by atoms with Gasteiger partial charge in [0.25, 0.3) is 0 Å². The minimum Gasteiger partial charge on any atom is -0.381 e. The highest BCUT2D eigenvalue weighted by atomic mass is 35.5. The van der Waals surface area contributed by atoms with Crippen LogP contribution in [0, 0.1) is 0 Å². The highest BCUT2D eigenvalue weighted by molar-refractivity contribution is 7.16. The molecule has 11 heavy (non-hydrogen) atoms. The smallest absolute Gasteiger partial charge is 0.0931 e. The normalized spacial score (nSPS) is 10.4. The van der Waals surface area contributed by atoms with E-state index in [0.29, 0.717) is 0 Å². The van der Waals surface area contributed by atoms with Crippen LogP contribution in [0.3, 0.4) is 0 Å². The van der Waals surface area contributed by atoms with Gasteiger partial charge in [0, 0.05) is 11.4 Å². The Labute approximate surface area is 74.8 Å². The van der Waals surface area contributed by atoms with Crippen LogP contribution < -0.4 is 5.32 Å². The Morgan fingerprint density at radius 3 is 2.91 bits per heavy atom. The maximum atomic E-state index is 8.42. The van der Waals surface area contributed by atoms with Crippen molar-refractivity contribution in [3.05, 3.63) is 21.3 Å². The molecular formula is C7H10ClNOS. The van der Waals surface area contributed by atoms with Crippen molar-refractivity contribution in [2.24, 2.45) is 0 Å². The molecule has 0 aliphatic heterocycles. The first-order valence-electron chi connectivity index (χ1n) is 3.38. The van der Waals surface area contributed by atoms with Gasteiger partial charge in [-0.15, -0.1) is 11.3 Å². The van der Waals surface area contributed by atoms with E-state index in [-0.39, 0.29) is 6.73 Å². The molecule has 2 N–H and O–H groups in total. The zero-order valence-electron chi connectivity index (χ0n) is 6.01. The fraction of sp³-hybridized carbons (Fsp3) is 0.429. The van der Waals surface area contributed by atoms with E-state index in [2.05, 4.69) is 5.32 Å². The molecule has 0 spiro atoms. The second-order valence-electron chi connectivity index (χ2n) is 2.11. The van der Waals surface area contributed by atoms with Crippen LogP contribution in [0.1, 0.15) is 4.88 Å². The Bertz CT molecular complexity index is 214. The number of halogens is 1. The fourth-order valence-electron chi connectivity index (χ4n) is 0.777. The summed E-state index contributed by atoms with van der Waals surface area (Å²) in [6.07, 6.45) is 0.929. The van der Waals surface area contributed by atoms with Crippen LogP contribution in [0.2, 0.25) is 4.34 Å². The van der Waals surface area contributed by atoms with Gasteiger partial charge in [0.2, 0.25) is 0 Å². The highest BCUT2D eigenvalue weighted by Gasteiger charge is 1.95. The lowest BCUT2D eigenvalue weighted by molar-refractivity contribution is 0.262. The summed E-state index contributed by atoms with van der Waals surface area (Å²) < 4.78 is 0.823. The second-order valence-corrected chi connectivity index (χ2v) is 3.91. The van der Waals surface area contributed by atoms with Gasteiger partial charge in [-0.3, -0.25) is 5.32 Å². The van der Waals surface area contributed by atoms with Gasteiger partial charge in [-0.05, 0) is 18.6 Å². The Kier molecular flexibility index (Phi) is 3.86. The van der Waals surface area contributed by atoms with E-state index in [1.165, 1.54) is 4.88 Å². The monoisotopic (exact) mass is 191 g/mol. The highest BCUT2D eigenvalue weighted by Crippen LogP contribution is 2.21. The number of nitrogens with one attached hydrogen (secondary N) is 1. The molecule has 0 bridgehead atoms. The molecule has 1 aromatic rings. The Balaban J connectivity index is 2.27. The van der Waals surface area contributed by atoms with Crippen molar-refractivity contribution in [1.29, 1.82) is 0 Å². The van der Waals surface area contributed by atoms with E-state index in [9.17, 15) is 0 Å². The number of aliphatic hydroxyl groups excluding tert-OH is 1. The molecule has 0 aliphatic carbocycles. The van der Waals surface area contributed by atoms with Gasteiger partial charge in [-0.25, -0.2) is 0 Å². The van der Waals surface area contributed by atoms with Crippen molar-refractivity contribution in [1.82, 2.24) is 5.32 Å². The first kappa shape index (κ1) is 9.00. The molecular weight excluding hydrogens is 182 g/mol. The lowest BCUT2D eigenvalue weighted by Crippen LogP contribution is -2.17. The molecule has 0 unspecified atom stereocenters. The van der Waals surface area contributed by atoms with Crippen molar-refractivity contribution in [2.45, 2.75) is 6.42 Å². The molecule has 4 heteroatoms. The quantitative estimate of drug-likeness (QED) is 0.558. The fourth-order valence-corrected chi connectivity index (χ4v) is 1.86. The third-order valence-electron chi connectivity index (χ3n) is 1.29. The number of hydrogen-bond donors (Lipinski definition) is 2. The Morgan fingerprint density at radius 1 is 1.55 bits per heavy atom. The molecule has 62 valence electrons. The molecule has 0 saturated heterocycles. The van der Waals surface area contributed by atoms with Gasteiger partial charge < -0.3 is 5.11 Å². The molecule has 1 heterocycles. The van der Waals surface area contributed by atoms with E-state index in [4.69, 9.17) is 16.7 Å². The predicted molar refractivity (Wildman–Crippen MR) is 48.1 cm³/mol. The summed E-state index contributed by atoms with van der Waals surface area (Å²) in [4.78, 5) is 1.25. The predicted octanol–water partition coefficient (Wildman–Crippen LogP) is 1.48. The molecule has 0 atom stereocenters. The maximum absolute atomic E-state index is 8.42. The van der Waals surface area contributed by atoms with E-state index < -0.39 is 0 Å². The molecule has 0 fully saturated rings. The third kappa shape index (κ3) is 3.20. The molecule has 0 aromatic carbocycles. The van der Waals surface area contributed by atoms with Crippen LogP contribution in [0.25, 0.3) is 0 Å². The van der Waals surface area contributed by atoms with Crippen molar-refractivity contribution in [3.63, 3.8) is 0 Å². The SMILES string of the molecule is OCNCCc1ccc(Cl)s1. The standard InChI is InChI=1S/C7H10ClNOS/c8-7-2-1-6(11-7)3-4-9-5-10/h1-2,9-10H,3-5H2. The third-order valence-corrected chi connectivity index (χ3v) is 2.58. The minimum absolute atomic E-state index is 0.0408. The average molecular weight is 192 g/mol. The van der Waals surface area contributed by atoms with E-state index in [1.54, 1.807) is 11.3 Å². The summed E-state index contributed by atoms with van der Waals surface area (Å²) in [6, 6.07) is 3.90. The van der Waals surface area contributed by atoms with E-state index in [0.717, 1.165) is 17.3 Å². The summed E-state index contributed by atoms with van der Waals surface area (Å²) in [5, 5.41) is 11.2. The van der Waals surface area contributed by atoms with Crippen molar-refractivity contribution >= 4 is 22.9 Å². The van der Waals surface area contributed by atoms with Gasteiger partial charge in [-0.1, -0.05) is 11.6 Å². The largest absolute Gasteiger partial charge is 0.381 e. The molecule has 0 amide bonds. The minimum atomic E-state index is 0.0408. The Morgan fingerprint density at radius 2 is 2.36 bits per heavy atom. The lowest BCUT2D eigenvalue weighted by atomic mass is 10.3. The molecule has 1 rings (SSSR count). The average Bonchev–Trinajstić information content (AvgIpc) is 2.37. The lowest BCUT2D eigenvalue weighted by Gasteiger charge is -1.96. The van der Waals surface area contributed by atoms with Gasteiger partial charge in [0.05, 0.1) is 11.1 Å². The van der Waals surface area contributed by atoms with E-state index in [1.807, 2.05) is 12.1 Å². The summed E-state index contributed by atoms with van der Waals surface area (Å²) in [7, 11) is 0. The molecule has 2 nitrogen and oxygen atoms in total. The van der Waals surface area contributed by atoms with Gasteiger partial charge >= 0.3 is 0 Å². The first-order valence-corrected chi connectivity index (χ1v) is 4.58. The molecule has 1 aromatic heterocycles. The van der Waals surface area contributed by atoms with Crippen molar-refractivity contribution < 1.29 is 5.11 Å². The number of aliphatic hydroxyl groups is 1. The summed E-state index contributed by atoms with van der Waals surface area (Å²) in [5.41, 5.74) is 0. The van der Waals surface area contributed by atoms with Gasteiger partial charge in [0.1, 0.15) is 0 Å². The summed E-state index contributed by atoms with van der Waals surface area (Å²) in [5.74, 6) is 0. The maximum Gasteiger partial charge on any atom is 0.0931 e. The van der Waals surface area contributed by atoms with Crippen molar-refractivity contribution in [2.75, 3.05) is 13.3 Å². The zero-order chi connectivity index (χ0) is 8.10. The number of rotatable bonds is 4.